The van der Waals surface area contributed by atoms with Gasteiger partial charge in [0.05, 0.1) is 5.56 Å². The number of aromatic nitrogens is 2. The van der Waals surface area contributed by atoms with Crippen molar-refractivity contribution in [1.29, 1.82) is 5.41 Å². The molecule has 0 unspecified atom stereocenters. The number of carbonyl (C=O) groups is 2. The molecule has 1 aromatic heterocycles. The van der Waals surface area contributed by atoms with Gasteiger partial charge in [0.1, 0.15) is 22.9 Å². The minimum absolute atomic E-state index is 0.0335. The van der Waals surface area contributed by atoms with Crippen LogP contribution in [0.1, 0.15) is 36.7 Å². The molecule has 1 amide bonds. The molecule has 186 valence electrons. The normalized spacial score (nSPS) is 12.6. The van der Waals surface area contributed by atoms with Gasteiger partial charge in [-0.25, -0.2) is 4.79 Å². The number of rotatable bonds is 6. The van der Waals surface area contributed by atoms with E-state index in [1.54, 1.807) is 39.0 Å². The number of carbonyl (C=O) groups excluding carboxylic acids is 2. The average Bonchev–Trinajstić information content (AvgIpc) is 2.78. The van der Waals surface area contributed by atoms with E-state index in [1.807, 2.05) is 0 Å². The van der Waals surface area contributed by atoms with Gasteiger partial charge in [-0.1, -0.05) is 6.07 Å². The van der Waals surface area contributed by atoms with Crippen molar-refractivity contribution in [2.24, 2.45) is 5.73 Å². The van der Waals surface area contributed by atoms with Crippen molar-refractivity contribution >= 4 is 29.1 Å². The second kappa shape index (κ2) is 9.41. The lowest BCUT2D eigenvalue weighted by Gasteiger charge is -2.20. The number of anilines is 2. The number of ether oxygens (including phenoxy) is 4. The van der Waals surface area contributed by atoms with Crippen molar-refractivity contribution in [3.63, 3.8) is 0 Å². The largest absolute Gasteiger partial charge is 0.466 e. The van der Waals surface area contributed by atoms with Gasteiger partial charge in [0.25, 0.3) is 11.8 Å². The summed E-state index contributed by atoms with van der Waals surface area (Å²) in [6.45, 7) is 5.06. The summed E-state index contributed by atoms with van der Waals surface area (Å²) >= 11 is 0. The van der Waals surface area contributed by atoms with Gasteiger partial charge in [0.2, 0.25) is 5.88 Å². The van der Waals surface area contributed by atoms with Crippen LogP contribution in [0.25, 0.3) is 0 Å². The third-order valence-electron chi connectivity index (χ3n) is 4.63. The summed E-state index contributed by atoms with van der Waals surface area (Å²) in [6.07, 6.45) is 0. The van der Waals surface area contributed by atoms with Crippen molar-refractivity contribution in [2.75, 3.05) is 17.7 Å². The summed E-state index contributed by atoms with van der Waals surface area (Å²) in [4.78, 5) is 32.8. The molecule has 0 saturated carbocycles. The van der Waals surface area contributed by atoms with Crippen molar-refractivity contribution < 1.29 is 28.5 Å². The second-order valence-corrected chi connectivity index (χ2v) is 8.72. The molecule has 1 aliphatic rings. The number of benzene rings is 2. The number of nitrogens with zero attached hydrogens (tertiary/aromatic N) is 2. The third-order valence-corrected chi connectivity index (χ3v) is 4.63. The molecular weight excluding hydrogens is 468 g/mol. The SMILES string of the molecule is CC(C)(C)OC(=O)c1cccc(Oc2nc3c(c(Oc4ccc(C(=N)N)c(N)c4)n2)NC(=O)CO3)c1. The molecule has 0 spiro atoms. The van der Waals surface area contributed by atoms with E-state index < -0.39 is 17.5 Å². The molecule has 0 atom stereocenters. The lowest BCUT2D eigenvalue weighted by Crippen LogP contribution is -2.26. The van der Waals surface area contributed by atoms with Crippen molar-refractivity contribution in [2.45, 2.75) is 26.4 Å². The van der Waals surface area contributed by atoms with Crippen molar-refractivity contribution in [3.8, 4) is 29.3 Å². The maximum absolute atomic E-state index is 12.4. The first kappa shape index (κ1) is 24.3. The Morgan fingerprint density at radius 2 is 1.86 bits per heavy atom. The number of hydrogen-bond donors (Lipinski definition) is 4. The second-order valence-electron chi connectivity index (χ2n) is 8.72. The molecular formula is C24H24N6O6. The Morgan fingerprint density at radius 1 is 1.11 bits per heavy atom. The van der Waals surface area contributed by atoms with Gasteiger partial charge in [0, 0.05) is 17.3 Å². The summed E-state index contributed by atoms with van der Waals surface area (Å²) in [5, 5.41) is 10.2. The Bertz CT molecular complexity index is 1370. The topological polar surface area (TPSA) is 185 Å². The summed E-state index contributed by atoms with van der Waals surface area (Å²) in [5.74, 6) is -0.631. The molecule has 1 aliphatic heterocycles. The Balaban J connectivity index is 1.65. The van der Waals surface area contributed by atoms with Crippen LogP contribution in [0.15, 0.2) is 42.5 Å². The Hall–Kier alpha value is -4.87. The zero-order valence-electron chi connectivity index (χ0n) is 19.7. The van der Waals surface area contributed by atoms with E-state index in [0.29, 0.717) is 5.56 Å². The molecule has 0 aliphatic carbocycles. The monoisotopic (exact) mass is 492 g/mol. The number of nitrogens with two attached hydrogens (primary N) is 2. The number of nitrogens with one attached hydrogen (secondary N) is 2. The van der Waals surface area contributed by atoms with Crippen LogP contribution in [0, 0.1) is 5.41 Å². The van der Waals surface area contributed by atoms with E-state index in [0.717, 1.165) is 0 Å². The average molecular weight is 492 g/mol. The molecule has 3 aromatic rings. The van der Waals surface area contributed by atoms with Gasteiger partial charge in [-0.15, -0.1) is 0 Å². The van der Waals surface area contributed by atoms with E-state index in [1.165, 1.54) is 24.3 Å². The van der Waals surface area contributed by atoms with E-state index in [-0.39, 0.29) is 58.7 Å². The molecule has 0 fully saturated rings. The first-order chi connectivity index (χ1) is 17.0. The molecule has 0 bridgehead atoms. The maximum Gasteiger partial charge on any atom is 0.338 e. The summed E-state index contributed by atoms with van der Waals surface area (Å²) < 4.78 is 22.4. The highest BCUT2D eigenvalue weighted by molar-refractivity contribution is 6.00. The van der Waals surface area contributed by atoms with Crippen molar-refractivity contribution in [3.05, 3.63) is 53.6 Å². The highest BCUT2D eigenvalue weighted by atomic mass is 16.6. The third kappa shape index (κ3) is 5.60. The highest BCUT2D eigenvalue weighted by Crippen LogP contribution is 2.39. The van der Waals surface area contributed by atoms with Gasteiger partial charge >= 0.3 is 12.0 Å². The molecule has 4 rings (SSSR count). The van der Waals surface area contributed by atoms with Crippen LogP contribution in [0.5, 0.6) is 29.3 Å². The van der Waals surface area contributed by atoms with Gasteiger partial charge in [-0.3, -0.25) is 10.2 Å². The molecule has 12 heteroatoms. The van der Waals surface area contributed by atoms with Gasteiger partial charge < -0.3 is 35.7 Å². The first-order valence-corrected chi connectivity index (χ1v) is 10.8. The van der Waals surface area contributed by atoms with Crippen LogP contribution >= 0.6 is 0 Å². The quantitative estimate of drug-likeness (QED) is 0.172. The molecule has 12 nitrogen and oxygen atoms in total. The molecule has 2 heterocycles. The van der Waals surface area contributed by atoms with Crippen LogP contribution in [0.4, 0.5) is 11.4 Å². The number of fused-ring (bicyclic) bond motifs is 1. The lowest BCUT2D eigenvalue weighted by atomic mass is 10.1. The Labute approximate surface area is 206 Å². The summed E-state index contributed by atoms with van der Waals surface area (Å²) in [6, 6.07) is 10.7. The smallest absolute Gasteiger partial charge is 0.338 e. The first-order valence-electron chi connectivity index (χ1n) is 10.8. The van der Waals surface area contributed by atoms with Crippen LogP contribution in [0.3, 0.4) is 0 Å². The van der Waals surface area contributed by atoms with E-state index in [2.05, 4.69) is 15.3 Å². The number of amides is 1. The lowest BCUT2D eigenvalue weighted by molar-refractivity contribution is -0.118. The standard InChI is InChI=1S/C24H24N6O6/c1-24(2,3)36-22(32)12-5-4-6-13(9-12)35-23-29-20-18(28-17(31)11-33-20)21(30-23)34-14-7-8-15(19(26)27)16(25)10-14/h4-10H,11,25H2,1-3H3,(H3,26,27)(H,28,31). The fourth-order valence-corrected chi connectivity index (χ4v) is 3.13. The predicted octanol–water partition coefficient (Wildman–Crippen LogP) is 3.21. The minimum atomic E-state index is -0.657. The van der Waals surface area contributed by atoms with E-state index >= 15 is 0 Å². The van der Waals surface area contributed by atoms with Gasteiger partial charge in [-0.2, -0.15) is 9.97 Å². The summed E-state index contributed by atoms with van der Waals surface area (Å²) in [5.41, 5.74) is 11.8. The maximum atomic E-state index is 12.4. The summed E-state index contributed by atoms with van der Waals surface area (Å²) in [7, 11) is 0. The molecule has 6 N–H and O–H groups in total. The fourth-order valence-electron chi connectivity index (χ4n) is 3.13. The molecule has 2 aromatic carbocycles. The molecule has 0 radical (unpaired) electrons. The van der Waals surface area contributed by atoms with E-state index in [9.17, 15) is 9.59 Å². The predicted molar refractivity (Wildman–Crippen MR) is 130 cm³/mol. The van der Waals surface area contributed by atoms with Crippen LogP contribution in [-0.2, 0) is 9.53 Å². The van der Waals surface area contributed by atoms with E-state index in [4.69, 9.17) is 35.8 Å². The Morgan fingerprint density at radius 3 is 2.56 bits per heavy atom. The zero-order valence-corrected chi connectivity index (χ0v) is 19.7. The zero-order chi connectivity index (χ0) is 26.0. The van der Waals surface area contributed by atoms with Crippen LogP contribution in [0.2, 0.25) is 0 Å². The number of nitrogen functional groups attached to an aromatic ring is 2. The molecule has 0 saturated heterocycles. The Kier molecular flexibility index (Phi) is 6.34. The van der Waals surface area contributed by atoms with Crippen LogP contribution in [-0.4, -0.2) is 39.9 Å². The highest BCUT2D eigenvalue weighted by Gasteiger charge is 2.26. The number of esters is 1. The van der Waals surface area contributed by atoms with Gasteiger partial charge in [-0.05, 0) is 51.1 Å². The van der Waals surface area contributed by atoms with Gasteiger partial charge in [0.15, 0.2) is 12.3 Å². The number of hydrogen-bond acceptors (Lipinski definition) is 10. The molecule has 36 heavy (non-hydrogen) atoms. The van der Waals surface area contributed by atoms with Crippen LogP contribution < -0.4 is 31.0 Å². The fraction of sp³-hybridized carbons (Fsp3) is 0.208. The van der Waals surface area contributed by atoms with Crippen molar-refractivity contribution in [1.82, 2.24) is 9.97 Å². The minimum Gasteiger partial charge on any atom is -0.466 e. The number of amidine groups is 1.